The molecular formula is C13H20ClN3. The fraction of sp³-hybridized carbons (Fsp3) is 0.462. The van der Waals surface area contributed by atoms with Crippen LogP contribution < -0.4 is 10.6 Å². The summed E-state index contributed by atoms with van der Waals surface area (Å²) in [4.78, 5) is 4.48. The van der Waals surface area contributed by atoms with Gasteiger partial charge in [0, 0.05) is 24.7 Å². The number of hydrogen-bond donors (Lipinski definition) is 2. The molecule has 0 unspecified atom stereocenters. The van der Waals surface area contributed by atoms with Crippen molar-refractivity contribution >= 4 is 17.6 Å². The molecule has 0 saturated carbocycles. The molecule has 0 amide bonds. The first-order chi connectivity index (χ1) is 8.26. The Morgan fingerprint density at radius 3 is 2.53 bits per heavy atom. The Morgan fingerprint density at radius 2 is 1.94 bits per heavy atom. The van der Waals surface area contributed by atoms with Crippen molar-refractivity contribution in [1.29, 1.82) is 0 Å². The van der Waals surface area contributed by atoms with Gasteiger partial charge < -0.3 is 10.6 Å². The third-order valence-corrected chi connectivity index (χ3v) is 2.48. The van der Waals surface area contributed by atoms with E-state index < -0.39 is 0 Å². The van der Waals surface area contributed by atoms with Crippen LogP contribution in [0.15, 0.2) is 29.3 Å². The van der Waals surface area contributed by atoms with Crippen molar-refractivity contribution in [2.75, 3.05) is 19.6 Å². The summed E-state index contributed by atoms with van der Waals surface area (Å²) in [5, 5.41) is 7.17. The fourth-order valence-corrected chi connectivity index (χ4v) is 1.71. The first kappa shape index (κ1) is 13.8. The van der Waals surface area contributed by atoms with Crippen LogP contribution in [0.2, 0.25) is 5.02 Å². The number of hydrogen-bond acceptors (Lipinski definition) is 1. The van der Waals surface area contributed by atoms with E-state index in [1.54, 1.807) is 0 Å². The number of halogens is 1. The maximum Gasteiger partial charge on any atom is 0.191 e. The van der Waals surface area contributed by atoms with Crippen LogP contribution in [0.3, 0.4) is 0 Å². The van der Waals surface area contributed by atoms with E-state index in [2.05, 4.69) is 35.5 Å². The smallest absolute Gasteiger partial charge is 0.191 e. The lowest BCUT2D eigenvalue weighted by molar-refractivity contribution is 0.833. The zero-order valence-electron chi connectivity index (χ0n) is 10.5. The Hall–Kier alpha value is -1.22. The SMILES string of the molecule is CCNC(=NCCc1cccc(Cl)c1)NCC. The van der Waals surface area contributed by atoms with Crippen molar-refractivity contribution in [3.05, 3.63) is 34.9 Å². The Balaban J connectivity index is 2.46. The number of rotatable bonds is 5. The minimum atomic E-state index is 0.760. The van der Waals surface area contributed by atoms with Gasteiger partial charge in [0.15, 0.2) is 5.96 Å². The van der Waals surface area contributed by atoms with Crippen LogP contribution in [0.5, 0.6) is 0 Å². The van der Waals surface area contributed by atoms with Crippen LogP contribution in [-0.2, 0) is 6.42 Å². The molecule has 0 atom stereocenters. The zero-order chi connectivity index (χ0) is 12.5. The van der Waals surface area contributed by atoms with Crippen LogP contribution in [0.25, 0.3) is 0 Å². The number of nitrogens with one attached hydrogen (secondary N) is 2. The highest BCUT2D eigenvalue weighted by atomic mass is 35.5. The van der Waals surface area contributed by atoms with Gasteiger partial charge in [0.2, 0.25) is 0 Å². The largest absolute Gasteiger partial charge is 0.357 e. The Bertz CT molecular complexity index is 355. The summed E-state index contributed by atoms with van der Waals surface area (Å²) in [7, 11) is 0. The summed E-state index contributed by atoms with van der Waals surface area (Å²) in [6.45, 7) is 6.63. The fourth-order valence-electron chi connectivity index (χ4n) is 1.50. The highest BCUT2D eigenvalue weighted by molar-refractivity contribution is 6.30. The Kier molecular flexibility index (Phi) is 6.48. The van der Waals surface area contributed by atoms with Gasteiger partial charge in [-0.2, -0.15) is 0 Å². The minimum Gasteiger partial charge on any atom is -0.357 e. The molecule has 94 valence electrons. The van der Waals surface area contributed by atoms with Gasteiger partial charge in [0.1, 0.15) is 0 Å². The monoisotopic (exact) mass is 253 g/mol. The molecule has 0 heterocycles. The summed E-state index contributed by atoms with van der Waals surface area (Å²) < 4.78 is 0. The summed E-state index contributed by atoms with van der Waals surface area (Å²) in [5.74, 6) is 0.872. The first-order valence-corrected chi connectivity index (χ1v) is 6.40. The molecule has 0 spiro atoms. The standard InChI is InChI=1S/C13H20ClN3/c1-3-15-13(16-4-2)17-9-8-11-6-5-7-12(14)10-11/h5-7,10H,3-4,8-9H2,1-2H3,(H2,15,16,17). The molecular weight excluding hydrogens is 234 g/mol. The van der Waals surface area contributed by atoms with Crippen molar-refractivity contribution in [1.82, 2.24) is 10.6 Å². The number of guanidine groups is 1. The van der Waals surface area contributed by atoms with Gasteiger partial charge >= 0.3 is 0 Å². The molecule has 0 fully saturated rings. The van der Waals surface area contributed by atoms with Crippen molar-refractivity contribution in [2.45, 2.75) is 20.3 Å². The second-order valence-electron chi connectivity index (χ2n) is 3.67. The quantitative estimate of drug-likeness (QED) is 0.625. The van der Waals surface area contributed by atoms with Crippen molar-refractivity contribution in [3.63, 3.8) is 0 Å². The number of benzene rings is 1. The summed E-state index contributed by atoms with van der Waals surface area (Å²) in [6.07, 6.45) is 0.904. The molecule has 0 aromatic heterocycles. The summed E-state index contributed by atoms with van der Waals surface area (Å²) in [6, 6.07) is 7.91. The lowest BCUT2D eigenvalue weighted by atomic mass is 10.1. The van der Waals surface area contributed by atoms with E-state index in [1.165, 1.54) is 5.56 Å². The molecule has 0 aliphatic carbocycles. The predicted octanol–water partition coefficient (Wildman–Crippen LogP) is 2.46. The highest BCUT2D eigenvalue weighted by Crippen LogP contribution is 2.10. The lowest BCUT2D eigenvalue weighted by Crippen LogP contribution is -2.37. The molecule has 1 aromatic rings. The van der Waals surface area contributed by atoms with E-state index in [9.17, 15) is 0 Å². The minimum absolute atomic E-state index is 0.760. The molecule has 0 bridgehead atoms. The number of nitrogens with zero attached hydrogens (tertiary/aromatic N) is 1. The highest BCUT2D eigenvalue weighted by Gasteiger charge is 1.96. The van der Waals surface area contributed by atoms with Crippen LogP contribution in [-0.4, -0.2) is 25.6 Å². The molecule has 1 rings (SSSR count). The molecule has 0 aliphatic heterocycles. The predicted molar refractivity (Wildman–Crippen MR) is 74.8 cm³/mol. The van der Waals surface area contributed by atoms with Crippen molar-refractivity contribution in [2.24, 2.45) is 4.99 Å². The average Bonchev–Trinajstić information content (AvgIpc) is 2.30. The second kappa shape index (κ2) is 7.96. The molecule has 3 nitrogen and oxygen atoms in total. The van der Waals surface area contributed by atoms with Crippen molar-refractivity contribution in [3.8, 4) is 0 Å². The third-order valence-electron chi connectivity index (χ3n) is 2.25. The molecule has 1 aromatic carbocycles. The molecule has 0 radical (unpaired) electrons. The first-order valence-electron chi connectivity index (χ1n) is 6.03. The molecule has 0 aliphatic rings. The van der Waals surface area contributed by atoms with Gasteiger partial charge in [0.25, 0.3) is 0 Å². The Labute approximate surface area is 108 Å². The molecule has 4 heteroatoms. The molecule has 17 heavy (non-hydrogen) atoms. The van der Waals surface area contributed by atoms with E-state index >= 15 is 0 Å². The number of aliphatic imine (C=N–C) groups is 1. The average molecular weight is 254 g/mol. The van der Waals surface area contributed by atoms with Crippen LogP contribution >= 0.6 is 11.6 Å². The lowest BCUT2D eigenvalue weighted by Gasteiger charge is -2.08. The van der Waals surface area contributed by atoms with Gasteiger partial charge in [-0.3, -0.25) is 4.99 Å². The van der Waals surface area contributed by atoms with Crippen molar-refractivity contribution < 1.29 is 0 Å². The van der Waals surface area contributed by atoms with Crippen LogP contribution in [0, 0.1) is 0 Å². The van der Waals surface area contributed by atoms with Crippen LogP contribution in [0.4, 0.5) is 0 Å². The molecule has 2 N–H and O–H groups in total. The van der Waals surface area contributed by atoms with Gasteiger partial charge in [-0.15, -0.1) is 0 Å². The maximum atomic E-state index is 5.93. The van der Waals surface area contributed by atoms with E-state index in [0.717, 1.165) is 37.0 Å². The third kappa shape index (κ3) is 5.59. The van der Waals surface area contributed by atoms with Gasteiger partial charge in [-0.25, -0.2) is 0 Å². The van der Waals surface area contributed by atoms with Crippen LogP contribution in [0.1, 0.15) is 19.4 Å². The van der Waals surface area contributed by atoms with Gasteiger partial charge in [-0.05, 0) is 38.0 Å². The Morgan fingerprint density at radius 1 is 1.24 bits per heavy atom. The maximum absolute atomic E-state index is 5.93. The van der Waals surface area contributed by atoms with Gasteiger partial charge in [-0.1, -0.05) is 23.7 Å². The summed E-state index contributed by atoms with van der Waals surface area (Å²) >= 11 is 5.93. The van der Waals surface area contributed by atoms with E-state index in [-0.39, 0.29) is 0 Å². The van der Waals surface area contributed by atoms with Gasteiger partial charge in [0.05, 0.1) is 0 Å². The van der Waals surface area contributed by atoms with E-state index in [0.29, 0.717) is 0 Å². The second-order valence-corrected chi connectivity index (χ2v) is 4.11. The van der Waals surface area contributed by atoms with E-state index in [4.69, 9.17) is 11.6 Å². The summed E-state index contributed by atoms with van der Waals surface area (Å²) in [5.41, 5.74) is 1.22. The topological polar surface area (TPSA) is 36.4 Å². The zero-order valence-corrected chi connectivity index (χ0v) is 11.2. The van der Waals surface area contributed by atoms with E-state index in [1.807, 2.05) is 18.2 Å². The molecule has 0 saturated heterocycles. The normalized spacial score (nSPS) is 9.82.